The molecule has 1 heterocycles. The summed E-state index contributed by atoms with van der Waals surface area (Å²) in [5.41, 5.74) is -0.910. The van der Waals surface area contributed by atoms with Crippen LogP contribution in [0.5, 0.6) is 0 Å². The Balaban J connectivity index is 2.33. The van der Waals surface area contributed by atoms with Gasteiger partial charge in [-0.1, -0.05) is 6.42 Å². The highest BCUT2D eigenvalue weighted by Crippen LogP contribution is 2.31. The van der Waals surface area contributed by atoms with Crippen LogP contribution in [0.4, 0.5) is 13.2 Å². The zero-order valence-corrected chi connectivity index (χ0v) is 11.8. The summed E-state index contributed by atoms with van der Waals surface area (Å²) in [6.07, 6.45) is -2.13. The molecule has 1 saturated heterocycles. The van der Waals surface area contributed by atoms with Gasteiger partial charge in [-0.05, 0) is 37.1 Å². The number of aldehydes is 1. The van der Waals surface area contributed by atoms with E-state index in [1.807, 2.05) is 0 Å². The third-order valence-electron chi connectivity index (χ3n) is 3.44. The summed E-state index contributed by atoms with van der Waals surface area (Å²) in [4.78, 5) is 10.7. The van der Waals surface area contributed by atoms with Gasteiger partial charge in [0, 0.05) is 6.54 Å². The summed E-state index contributed by atoms with van der Waals surface area (Å²) in [6.45, 7) is 0.201. The van der Waals surface area contributed by atoms with Gasteiger partial charge in [-0.3, -0.25) is 0 Å². The summed E-state index contributed by atoms with van der Waals surface area (Å²) in [5.74, 6) is 0. The fourth-order valence-corrected chi connectivity index (χ4v) is 3.95. The minimum absolute atomic E-state index is 0.201. The standard InChI is InChI=1S/C13H14F3NO3S/c14-13(15,16)10-4-6-12(7-5-10)21(19,20)17-8-2-1-3-11(17)9-18/h4-7,9,11H,1-3,8H2. The van der Waals surface area contributed by atoms with Crippen molar-refractivity contribution in [2.75, 3.05) is 6.54 Å². The van der Waals surface area contributed by atoms with Crippen molar-refractivity contribution in [2.24, 2.45) is 0 Å². The number of sulfonamides is 1. The van der Waals surface area contributed by atoms with Gasteiger partial charge in [0.15, 0.2) is 0 Å². The predicted molar refractivity (Wildman–Crippen MR) is 69.0 cm³/mol. The van der Waals surface area contributed by atoms with Crippen LogP contribution in [-0.2, 0) is 21.0 Å². The maximum atomic E-state index is 12.5. The van der Waals surface area contributed by atoms with E-state index in [0.29, 0.717) is 19.1 Å². The Morgan fingerprint density at radius 2 is 1.76 bits per heavy atom. The highest BCUT2D eigenvalue weighted by molar-refractivity contribution is 7.89. The molecule has 2 rings (SSSR count). The number of rotatable bonds is 3. The van der Waals surface area contributed by atoms with Crippen LogP contribution in [-0.4, -0.2) is 31.6 Å². The lowest BCUT2D eigenvalue weighted by Gasteiger charge is -2.31. The van der Waals surface area contributed by atoms with E-state index in [1.165, 1.54) is 0 Å². The monoisotopic (exact) mass is 321 g/mol. The molecule has 0 saturated carbocycles. The molecule has 0 amide bonds. The van der Waals surface area contributed by atoms with Crippen molar-refractivity contribution in [1.82, 2.24) is 4.31 Å². The fourth-order valence-electron chi connectivity index (χ4n) is 2.32. The Kier molecular flexibility index (Phi) is 4.38. The van der Waals surface area contributed by atoms with Gasteiger partial charge in [0.1, 0.15) is 6.29 Å². The summed E-state index contributed by atoms with van der Waals surface area (Å²) in [5, 5.41) is 0. The Morgan fingerprint density at radius 3 is 2.29 bits per heavy atom. The summed E-state index contributed by atoms with van der Waals surface area (Å²) >= 11 is 0. The molecule has 1 aromatic rings. The highest BCUT2D eigenvalue weighted by Gasteiger charge is 2.34. The minimum Gasteiger partial charge on any atom is -0.302 e. The number of carbonyl (C=O) groups excluding carboxylic acids is 1. The second kappa shape index (κ2) is 5.76. The molecule has 1 atom stereocenters. The number of carbonyl (C=O) groups is 1. The third kappa shape index (κ3) is 3.26. The quantitative estimate of drug-likeness (QED) is 0.804. The summed E-state index contributed by atoms with van der Waals surface area (Å²) in [7, 11) is -3.95. The average Bonchev–Trinajstić information content (AvgIpc) is 2.46. The van der Waals surface area contributed by atoms with Crippen molar-refractivity contribution in [3.8, 4) is 0 Å². The minimum atomic E-state index is -4.52. The lowest BCUT2D eigenvalue weighted by Crippen LogP contribution is -2.44. The zero-order chi connectivity index (χ0) is 15.7. The first kappa shape index (κ1) is 16.0. The first-order valence-corrected chi connectivity index (χ1v) is 7.85. The van der Waals surface area contributed by atoms with Crippen molar-refractivity contribution >= 4 is 16.3 Å². The van der Waals surface area contributed by atoms with E-state index in [4.69, 9.17) is 0 Å². The van der Waals surface area contributed by atoms with Gasteiger partial charge in [-0.25, -0.2) is 8.42 Å². The van der Waals surface area contributed by atoms with E-state index in [9.17, 15) is 26.4 Å². The number of hydrogen-bond acceptors (Lipinski definition) is 3. The van der Waals surface area contributed by atoms with Crippen LogP contribution >= 0.6 is 0 Å². The fraction of sp³-hybridized carbons (Fsp3) is 0.462. The molecule has 116 valence electrons. The number of benzene rings is 1. The van der Waals surface area contributed by atoms with E-state index >= 15 is 0 Å². The molecule has 1 aliphatic heterocycles. The van der Waals surface area contributed by atoms with E-state index in [0.717, 1.165) is 35.0 Å². The van der Waals surface area contributed by atoms with Gasteiger partial charge in [-0.2, -0.15) is 17.5 Å². The lowest BCUT2D eigenvalue weighted by molar-refractivity contribution is -0.137. The molecule has 0 N–H and O–H groups in total. The van der Waals surface area contributed by atoms with Crippen molar-refractivity contribution < 1.29 is 26.4 Å². The SMILES string of the molecule is O=CC1CCCCN1S(=O)(=O)c1ccc(C(F)(F)F)cc1. The predicted octanol–water partition coefficient (Wildman–Crippen LogP) is 2.45. The van der Waals surface area contributed by atoms with E-state index < -0.39 is 27.8 Å². The van der Waals surface area contributed by atoms with Gasteiger partial charge in [0.2, 0.25) is 10.0 Å². The summed E-state index contributed by atoms with van der Waals surface area (Å²) in [6, 6.07) is 2.56. The molecular formula is C13H14F3NO3S. The highest BCUT2D eigenvalue weighted by atomic mass is 32.2. The van der Waals surface area contributed by atoms with Gasteiger partial charge >= 0.3 is 6.18 Å². The molecule has 0 aliphatic carbocycles. The molecule has 0 radical (unpaired) electrons. The third-order valence-corrected chi connectivity index (χ3v) is 5.38. The largest absolute Gasteiger partial charge is 0.416 e. The molecule has 1 aliphatic rings. The molecular weight excluding hydrogens is 307 g/mol. The van der Waals surface area contributed by atoms with Crippen LogP contribution in [0.25, 0.3) is 0 Å². The first-order chi connectivity index (χ1) is 9.76. The van der Waals surface area contributed by atoms with Crippen LogP contribution in [0.15, 0.2) is 29.2 Å². The van der Waals surface area contributed by atoms with Crippen LogP contribution in [0, 0.1) is 0 Å². The van der Waals surface area contributed by atoms with E-state index in [-0.39, 0.29) is 11.4 Å². The lowest BCUT2D eigenvalue weighted by atomic mass is 10.1. The Morgan fingerprint density at radius 1 is 1.14 bits per heavy atom. The van der Waals surface area contributed by atoms with Crippen molar-refractivity contribution in [3.63, 3.8) is 0 Å². The maximum absolute atomic E-state index is 12.5. The van der Waals surface area contributed by atoms with Gasteiger partial charge in [-0.15, -0.1) is 0 Å². The van der Waals surface area contributed by atoms with Gasteiger partial charge < -0.3 is 4.79 Å². The number of alkyl halides is 3. The Hall–Kier alpha value is -1.41. The molecule has 21 heavy (non-hydrogen) atoms. The molecule has 1 aromatic carbocycles. The molecule has 0 bridgehead atoms. The second-order valence-electron chi connectivity index (χ2n) is 4.84. The van der Waals surface area contributed by atoms with Crippen LogP contribution in [0.2, 0.25) is 0 Å². The average molecular weight is 321 g/mol. The second-order valence-corrected chi connectivity index (χ2v) is 6.73. The van der Waals surface area contributed by atoms with Crippen molar-refractivity contribution in [3.05, 3.63) is 29.8 Å². The van der Waals surface area contributed by atoms with Crippen LogP contribution in [0.3, 0.4) is 0 Å². The van der Waals surface area contributed by atoms with E-state index in [1.54, 1.807) is 0 Å². The first-order valence-electron chi connectivity index (χ1n) is 6.41. The van der Waals surface area contributed by atoms with Gasteiger partial charge in [0.05, 0.1) is 16.5 Å². The van der Waals surface area contributed by atoms with Gasteiger partial charge in [0.25, 0.3) is 0 Å². The Bertz CT molecular complexity index is 611. The number of halogens is 3. The normalized spacial score (nSPS) is 21.2. The maximum Gasteiger partial charge on any atom is 0.416 e. The molecule has 8 heteroatoms. The van der Waals surface area contributed by atoms with Crippen molar-refractivity contribution in [1.29, 1.82) is 0 Å². The molecule has 0 aromatic heterocycles. The Labute approximate surface area is 120 Å². The number of hydrogen-bond donors (Lipinski definition) is 0. The van der Waals surface area contributed by atoms with Crippen molar-refractivity contribution in [2.45, 2.75) is 36.4 Å². The molecule has 0 spiro atoms. The molecule has 1 unspecified atom stereocenters. The molecule has 4 nitrogen and oxygen atoms in total. The topological polar surface area (TPSA) is 54.5 Å². The molecule has 1 fully saturated rings. The van der Waals surface area contributed by atoms with E-state index in [2.05, 4.69) is 0 Å². The number of piperidine rings is 1. The smallest absolute Gasteiger partial charge is 0.302 e. The van der Waals surface area contributed by atoms with Crippen LogP contribution in [0.1, 0.15) is 24.8 Å². The summed E-state index contributed by atoms with van der Waals surface area (Å²) < 4.78 is 63.3. The number of nitrogens with zero attached hydrogens (tertiary/aromatic N) is 1. The zero-order valence-electron chi connectivity index (χ0n) is 11.0. The van der Waals surface area contributed by atoms with Crippen LogP contribution < -0.4 is 0 Å².